The van der Waals surface area contributed by atoms with Gasteiger partial charge in [0.15, 0.2) is 5.69 Å². The van der Waals surface area contributed by atoms with Gasteiger partial charge in [-0.15, -0.1) is 5.10 Å². The van der Waals surface area contributed by atoms with Gasteiger partial charge >= 0.3 is 11.6 Å². The number of nitro groups is 1. The minimum atomic E-state index is -0.782. The number of rotatable bonds is 6. The quantitative estimate of drug-likeness (QED) is 0.429. The molecule has 0 aliphatic rings. The number of methoxy groups -OCH3 is 1. The van der Waals surface area contributed by atoms with Gasteiger partial charge < -0.3 is 15.4 Å². The van der Waals surface area contributed by atoms with Crippen LogP contribution in [0.3, 0.4) is 0 Å². The van der Waals surface area contributed by atoms with Crippen LogP contribution < -0.4 is 15.4 Å². The maximum Gasteiger partial charge on any atom is 0.362 e. The zero-order valence-corrected chi connectivity index (χ0v) is 14.8. The number of aryl methyl sites for hydroxylation is 1. The molecular weight excluding hydrogens is 370 g/mol. The predicted molar refractivity (Wildman–Crippen MR) is 97.4 cm³/mol. The monoisotopic (exact) mass is 385 g/mol. The summed E-state index contributed by atoms with van der Waals surface area (Å²) in [4.78, 5) is 34.9. The molecule has 12 heteroatoms. The number of aromatic nitrogens is 4. The van der Waals surface area contributed by atoms with Crippen LogP contribution in [-0.4, -0.2) is 43.8 Å². The number of hydrogen-bond acceptors (Lipinski definition) is 7. The van der Waals surface area contributed by atoms with Gasteiger partial charge in [-0.25, -0.2) is 0 Å². The number of anilines is 2. The smallest absolute Gasteiger partial charge is 0.362 e. The van der Waals surface area contributed by atoms with Crippen LogP contribution in [0.4, 0.5) is 17.1 Å². The van der Waals surface area contributed by atoms with Gasteiger partial charge in [-0.3, -0.25) is 29.5 Å². The van der Waals surface area contributed by atoms with E-state index in [0.29, 0.717) is 11.4 Å². The first kappa shape index (κ1) is 18.6. The van der Waals surface area contributed by atoms with E-state index in [-0.39, 0.29) is 17.3 Å². The molecule has 3 rings (SSSR count). The Hall–Kier alpha value is -4.22. The number of carbonyl (C=O) groups is 2. The van der Waals surface area contributed by atoms with E-state index in [9.17, 15) is 19.7 Å². The van der Waals surface area contributed by atoms with Crippen molar-refractivity contribution in [1.82, 2.24) is 20.0 Å². The maximum atomic E-state index is 12.4. The van der Waals surface area contributed by atoms with E-state index in [1.807, 2.05) is 0 Å². The average Bonchev–Trinajstić information content (AvgIpc) is 3.28. The molecule has 0 unspecified atom stereocenters. The van der Waals surface area contributed by atoms with Crippen molar-refractivity contribution in [3.8, 4) is 5.88 Å². The van der Waals surface area contributed by atoms with Gasteiger partial charge in [0.1, 0.15) is 0 Å². The molecule has 144 valence electrons. The zero-order valence-electron chi connectivity index (χ0n) is 14.8. The molecule has 3 N–H and O–H groups in total. The van der Waals surface area contributed by atoms with Gasteiger partial charge in [0, 0.05) is 24.6 Å². The Morgan fingerprint density at radius 3 is 2.46 bits per heavy atom. The molecule has 0 bridgehead atoms. The van der Waals surface area contributed by atoms with E-state index < -0.39 is 22.4 Å². The van der Waals surface area contributed by atoms with Crippen molar-refractivity contribution >= 4 is 28.9 Å². The van der Waals surface area contributed by atoms with Crippen LogP contribution in [0.15, 0.2) is 36.5 Å². The summed E-state index contributed by atoms with van der Waals surface area (Å²) in [5.74, 6) is -1.50. The molecule has 0 atom stereocenters. The molecule has 2 amide bonds. The second-order valence-corrected chi connectivity index (χ2v) is 5.58. The number of hydrogen-bond donors (Lipinski definition) is 3. The van der Waals surface area contributed by atoms with Crippen LogP contribution in [0.2, 0.25) is 0 Å². The fraction of sp³-hybridized carbons (Fsp3) is 0.125. The van der Waals surface area contributed by atoms with Gasteiger partial charge in [0.25, 0.3) is 11.8 Å². The summed E-state index contributed by atoms with van der Waals surface area (Å²) < 4.78 is 6.27. The molecule has 12 nitrogen and oxygen atoms in total. The summed E-state index contributed by atoms with van der Waals surface area (Å²) in [6.45, 7) is 0. The fourth-order valence-corrected chi connectivity index (χ4v) is 2.39. The highest BCUT2D eigenvalue weighted by atomic mass is 16.6. The summed E-state index contributed by atoms with van der Waals surface area (Å²) in [5.41, 5.74) is 0.0262. The first-order chi connectivity index (χ1) is 13.4. The van der Waals surface area contributed by atoms with Gasteiger partial charge in [0.05, 0.1) is 12.0 Å². The number of H-pyrrole nitrogens is 1. The van der Waals surface area contributed by atoms with Crippen LogP contribution in [0.5, 0.6) is 5.88 Å². The van der Waals surface area contributed by atoms with Gasteiger partial charge in [-0.2, -0.15) is 5.10 Å². The van der Waals surface area contributed by atoms with Crippen molar-refractivity contribution in [2.75, 3.05) is 17.7 Å². The van der Waals surface area contributed by atoms with Gasteiger partial charge in [0.2, 0.25) is 5.69 Å². The highest BCUT2D eigenvalue weighted by molar-refractivity contribution is 6.07. The summed E-state index contributed by atoms with van der Waals surface area (Å²) in [5, 5.41) is 26.2. The van der Waals surface area contributed by atoms with E-state index in [2.05, 4.69) is 25.9 Å². The lowest BCUT2D eigenvalue weighted by molar-refractivity contribution is -0.386. The largest absolute Gasteiger partial charge is 0.475 e. The molecule has 1 aromatic carbocycles. The van der Waals surface area contributed by atoms with E-state index >= 15 is 0 Å². The molecule has 0 aliphatic heterocycles. The number of nitrogens with zero attached hydrogens (tertiary/aromatic N) is 4. The number of aromatic amines is 1. The lowest BCUT2D eigenvalue weighted by Crippen LogP contribution is -2.15. The number of carbonyl (C=O) groups excluding carboxylic acids is 2. The van der Waals surface area contributed by atoms with E-state index in [1.54, 1.807) is 37.5 Å². The van der Waals surface area contributed by atoms with Crippen LogP contribution >= 0.6 is 0 Å². The normalized spacial score (nSPS) is 10.4. The molecule has 28 heavy (non-hydrogen) atoms. The maximum absolute atomic E-state index is 12.4. The second kappa shape index (κ2) is 7.57. The van der Waals surface area contributed by atoms with Crippen LogP contribution in [0.1, 0.15) is 21.0 Å². The van der Waals surface area contributed by atoms with Crippen molar-refractivity contribution in [2.24, 2.45) is 7.05 Å². The predicted octanol–water partition coefficient (Wildman–Crippen LogP) is 1.56. The van der Waals surface area contributed by atoms with Crippen molar-refractivity contribution in [2.45, 2.75) is 0 Å². The molecule has 0 aliphatic carbocycles. The molecule has 0 radical (unpaired) electrons. The third-order valence-electron chi connectivity index (χ3n) is 3.64. The molecule has 3 aromatic rings. The average molecular weight is 385 g/mol. The van der Waals surface area contributed by atoms with Gasteiger partial charge in [-0.05, 0) is 24.3 Å². The SMILES string of the molecule is COc1n[nH]c(C(=O)Nc2cccc(NC(=O)c3ccn(C)n3)c2)c1[N+](=O)[O-]. The molecule has 0 spiro atoms. The highest BCUT2D eigenvalue weighted by Gasteiger charge is 2.30. The molecule has 0 saturated heterocycles. The molecular formula is C16H15N7O5. The minimum absolute atomic E-state index is 0.233. The van der Waals surface area contributed by atoms with E-state index in [0.717, 1.165) is 0 Å². The van der Waals surface area contributed by atoms with Crippen molar-refractivity contribution < 1.29 is 19.2 Å². The summed E-state index contributed by atoms with van der Waals surface area (Å²) in [6.07, 6.45) is 1.64. The summed E-state index contributed by atoms with van der Waals surface area (Å²) >= 11 is 0. The Morgan fingerprint density at radius 1 is 1.21 bits per heavy atom. The lowest BCUT2D eigenvalue weighted by Gasteiger charge is -2.07. The molecule has 2 heterocycles. The number of nitrogens with one attached hydrogen (secondary N) is 3. The summed E-state index contributed by atoms with van der Waals surface area (Å²) in [6, 6.07) is 7.85. The minimum Gasteiger partial charge on any atom is -0.475 e. The third kappa shape index (κ3) is 3.80. The fourth-order valence-electron chi connectivity index (χ4n) is 2.39. The van der Waals surface area contributed by atoms with E-state index in [1.165, 1.54) is 17.9 Å². The zero-order chi connectivity index (χ0) is 20.3. The third-order valence-corrected chi connectivity index (χ3v) is 3.64. The molecule has 2 aromatic heterocycles. The van der Waals surface area contributed by atoms with Crippen molar-refractivity contribution in [3.05, 3.63) is 58.0 Å². The van der Waals surface area contributed by atoms with Crippen LogP contribution in [0.25, 0.3) is 0 Å². The van der Waals surface area contributed by atoms with Crippen LogP contribution in [-0.2, 0) is 7.05 Å². The second-order valence-electron chi connectivity index (χ2n) is 5.58. The summed E-state index contributed by atoms with van der Waals surface area (Å²) in [7, 11) is 2.90. The van der Waals surface area contributed by atoms with Crippen molar-refractivity contribution in [1.29, 1.82) is 0 Å². The number of benzene rings is 1. The first-order valence-corrected chi connectivity index (χ1v) is 7.88. The Kier molecular flexibility index (Phi) is 5.02. The van der Waals surface area contributed by atoms with Crippen LogP contribution in [0, 0.1) is 10.1 Å². The molecule has 0 fully saturated rings. The standard InChI is InChI=1S/C16H15N7O5/c1-22-7-6-11(21-22)14(24)17-9-4-3-5-10(8-9)18-15(25)12-13(23(26)27)16(28-2)20-19-12/h3-8H,1-2H3,(H,17,24)(H,18,25)(H,19,20). The van der Waals surface area contributed by atoms with Crippen molar-refractivity contribution in [3.63, 3.8) is 0 Å². The first-order valence-electron chi connectivity index (χ1n) is 7.88. The lowest BCUT2D eigenvalue weighted by atomic mass is 10.2. The number of amides is 2. The van der Waals surface area contributed by atoms with Gasteiger partial charge in [-0.1, -0.05) is 6.07 Å². The molecule has 0 saturated carbocycles. The Balaban J connectivity index is 1.76. The topological polar surface area (TPSA) is 157 Å². The number of ether oxygens (including phenoxy) is 1. The Labute approximate surface area is 157 Å². The van der Waals surface area contributed by atoms with E-state index in [4.69, 9.17) is 4.74 Å². The highest BCUT2D eigenvalue weighted by Crippen LogP contribution is 2.28. The Bertz CT molecular complexity index is 1060. The Morgan fingerprint density at radius 2 is 1.89 bits per heavy atom.